The van der Waals surface area contributed by atoms with Gasteiger partial charge in [-0.05, 0) is 19.3 Å². The second kappa shape index (κ2) is 4.44. The third-order valence-electron chi connectivity index (χ3n) is 3.66. The van der Waals surface area contributed by atoms with Crippen molar-refractivity contribution in [2.45, 2.75) is 31.9 Å². The summed E-state index contributed by atoms with van der Waals surface area (Å²) < 4.78 is 36.4. The van der Waals surface area contributed by atoms with Crippen LogP contribution in [-0.2, 0) is 9.59 Å². The maximum absolute atomic E-state index is 12.1. The van der Waals surface area contributed by atoms with Gasteiger partial charge in [-0.3, -0.25) is 9.59 Å². The Morgan fingerprint density at radius 1 is 1.39 bits per heavy atom. The lowest BCUT2D eigenvalue weighted by atomic mass is 9.79. The first-order valence-electron chi connectivity index (χ1n) is 5.95. The van der Waals surface area contributed by atoms with Gasteiger partial charge in [-0.25, -0.2) is 0 Å². The van der Waals surface area contributed by atoms with Crippen LogP contribution in [0.3, 0.4) is 0 Å². The molecule has 2 amide bonds. The predicted molar refractivity (Wildman–Crippen MR) is 56.5 cm³/mol. The van der Waals surface area contributed by atoms with Crippen LogP contribution in [0.2, 0.25) is 0 Å². The molecule has 0 aromatic rings. The van der Waals surface area contributed by atoms with E-state index in [4.69, 9.17) is 0 Å². The van der Waals surface area contributed by atoms with E-state index in [1.165, 1.54) is 4.90 Å². The lowest BCUT2D eigenvalue weighted by Crippen LogP contribution is -2.48. The van der Waals surface area contributed by atoms with E-state index < -0.39 is 23.9 Å². The molecule has 18 heavy (non-hydrogen) atoms. The number of amides is 2. The zero-order chi connectivity index (χ0) is 13.4. The van der Waals surface area contributed by atoms with Crippen molar-refractivity contribution in [2.24, 2.45) is 5.41 Å². The molecule has 2 fully saturated rings. The molecule has 0 aliphatic carbocycles. The average Bonchev–Trinajstić information content (AvgIpc) is 2.66. The molecule has 102 valence electrons. The molecule has 2 aliphatic heterocycles. The van der Waals surface area contributed by atoms with Crippen molar-refractivity contribution in [3.63, 3.8) is 0 Å². The summed E-state index contributed by atoms with van der Waals surface area (Å²) in [6, 6.07) is 0. The highest BCUT2D eigenvalue weighted by molar-refractivity contribution is 5.86. The van der Waals surface area contributed by atoms with Gasteiger partial charge >= 0.3 is 6.18 Å². The van der Waals surface area contributed by atoms with E-state index in [1.54, 1.807) is 0 Å². The van der Waals surface area contributed by atoms with Gasteiger partial charge in [0.2, 0.25) is 11.8 Å². The number of halogens is 3. The normalized spacial score (nSPS) is 28.6. The Morgan fingerprint density at radius 3 is 2.72 bits per heavy atom. The summed E-state index contributed by atoms with van der Waals surface area (Å²) in [6.45, 7) is 0.965. The lowest BCUT2D eigenvalue weighted by molar-refractivity contribution is -0.161. The number of rotatable bonds is 1. The largest absolute Gasteiger partial charge is 0.397 e. The molecule has 0 aromatic heterocycles. The van der Waals surface area contributed by atoms with Gasteiger partial charge < -0.3 is 10.2 Å². The maximum Gasteiger partial charge on any atom is 0.397 e. The van der Waals surface area contributed by atoms with E-state index in [-0.39, 0.29) is 19.0 Å². The molecule has 2 saturated heterocycles. The third-order valence-corrected chi connectivity index (χ3v) is 3.66. The van der Waals surface area contributed by atoms with Crippen LogP contribution in [0.4, 0.5) is 13.2 Å². The predicted octanol–water partition coefficient (Wildman–Crippen LogP) is 1.07. The summed E-state index contributed by atoms with van der Waals surface area (Å²) in [5.41, 5.74) is -0.653. The van der Waals surface area contributed by atoms with E-state index in [9.17, 15) is 22.8 Å². The quantitative estimate of drug-likeness (QED) is 0.770. The maximum atomic E-state index is 12.1. The minimum absolute atomic E-state index is 0.119. The smallest absolute Gasteiger partial charge is 0.356 e. The summed E-state index contributed by atoms with van der Waals surface area (Å²) >= 11 is 0. The molecule has 0 bridgehead atoms. The molecule has 0 radical (unpaired) electrons. The van der Waals surface area contributed by atoms with Gasteiger partial charge in [0.05, 0.1) is 5.41 Å². The highest BCUT2D eigenvalue weighted by atomic mass is 19.4. The van der Waals surface area contributed by atoms with Crippen molar-refractivity contribution in [3.8, 4) is 0 Å². The van der Waals surface area contributed by atoms with Gasteiger partial charge in [-0.2, -0.15) is 13.2 Å². The zero-order valence-corrected chi connectivity index (χ0v) is 9.85. The van der Waals surface area contributed by atoms with Crippen molar-refractivity contribution in [3.05, 3.63) is 0 Å². The van der Waals surface area contributed by atoms with Crippen molar-refractivity contribution >= 4 is 11.8 Å². The summed E-state index contributed by atoms with van der Waals surface area (Å²) in [5, 5.41) is 2.72. The summed E-state index contributed by atoms with van der Waals surface area (Å²) in [5.74, 6) is -1.06. The van der Waals surface area contributed by atoms with E-state index in [0.717, 1.165) is 6.42 Å². The standard InChI is InChI=1S/C11H15F3N2O2/c12-11(13,14)6-8(17)16-5-3-10(7-16)2-1-4-15-9(10)18/h1-7H2,(H,15,18)/t10-/m0/s1. The highest BCUT2D eigenvalue weighted by Gasteiger charge is 2.47. The minimum atomic E-state index is -4.48. The van der Waals surface area contributed by atoms with Gasteiger partial charge in [0, 0.05) is 19.6 Å². The van der Waals surface area contributed by atoms with Gasteiger partial charge in [0.1, 0.15) is 6.42 Å². The minimum Gasteiger partial charge on any atom is -0.356 e. The Balaban J connectivity index is 1.99. The van der Waals surface area contributed by atoms with Crippen molar-refractivity contribution in [2.75, 3.05) is 19.6 Å². The molecule has 2 heterocycles. The third kappa shape index (κ3) is 2.59. The topological polar surface area (TPSA) is 49.4 Å². The number of hydrogen-bond donors (Lipinski definition) is 1. The number of nitrogens with one attached hydrogen (secondary N) is 1. The molecule has 2 aliphatic rings. The molecule has 0 aromatic carbocycles. The van der Waals surface area contributed by atoms with Crippen molar-refractivity contribution < 1.29 is 22.8 Å². The van der Waals surface area contributed by atoms with Crippen LogP contribution < -0.4 is 5.32 Å². The van der Waals surface area contributed by atoms with E-state index in [0.29, 0.717) is 19.4 Å². The average molecular weight is 264 g/mol. The SMILES string of the molecule is O=C(CC(F)(F)F)N1CC[C@@]2(CCCNC2=O)C1. The summed E-state index contributed by atoms with van der Waals surface area (Å²) in [4.78, 5) is 24.4. The van der Waals surface area contributed by atoms with E-state index in [2.05, 4.69) is 5.32 Å². The molecule has 1 spiro atoms. The van der Waals surface area contributed by atoms with Crippen LogP contribution in [0.5, 0.6) is 0 Å². The summed E-state index contributed by atoms with van der Waals surface area (Å²) in [7, 11) is 0. The van der Waals surface area contributed by atoms with Crippen LogP contribution in [0.15, 0.2) is 0 Å². The van der Waals surface area contributed by atoms with E-state index in [1.807, 2.05) is 0 Å². The van der Waals surface area contributed by atoms with Crippen molar-refractivity contribution in [1.29, 1.82) is 0 Å². The number of likely N-dealkylation sites (tertiary alicyclic amines) is 1. The Morgan fingerprint density at radius 2 is 2.11 bits per heavy atom. The van der Waals surface area contributed by atoms with Crippen LogP contribution >= 0.6 is 0 Å². The molecule has 1 N–H and O–H groups in total. The molecular weight excluding hydrogens is 249 g/mol. The number of nitrogens with zero attached hydrogens (tertiary/aromatic N) is 1. The first kappa shape index (κ1) is 13.2. The lowest BCUT2D eigenvalue weighted by Gasteiger charge is -2.32. The number of carbonyl (C=O) groups excluding carboxylic acids is 2. The first-order valence-corrected chi connectivity index (χ1v) is 5.95. The second-order valence-corrected chi connectivity index (χ2v) is 5.00. The number of piperidine rings is 1. The fourth-order valence-corrected chi connectivity index (χ4v) is 2.69. The molecule has 2 rings (SSSR count). The Labute approximate surface area is 103 Å². The fourth-order valence-electron chi connectivity index (χ4n) is 2.69. The molecular formula is C11H15F3N2O2. The van der Waals surface area contributed by atoms with Gasteiger partial charge in [-0.1, -0.05) is 0 Å². The van der Waals surface area contributed by atoms with Crippen LogP contribution in [0, 0.1) is 5.41 Å². The molecule has 1 atom stereocenters. The molecule has 4 nitrogen and oxygen atoms in total. The van der Waals surface area contributed by atoms with Crippen LogP contribution in [-0.4, -0.2) is 42.5 Å². The van der Waals surface area contributed by atoms with Gasteiger partial charge in [0.25, 0.3) is 0 Å². The number of alkyl halides is 3. The van der Waals surface area contributed by atoms with E-state index >= 15 is 0 Å². The van der Waals surface area contributed by atoms with Crippen LogP contribution in [0.1, 0.15) is 25.7 Å². The second-order valence-electron chi connectivity index (χ2n) is 5.00. The van der Waals surface area contributed by atoms with Crippen molar-refractivity contribution in [1.82, 2.24) is 10.2 Å². The first-order chi connectivity index (χ1) is 8.32. The van der Waals surface area contributed by atoms with Crippen LogP contribution in [0.25, 0.3) is 0 Å². The zero-order valence-electron chi connectivity index (χ0n) is 9.85. The van der Waals surface area contributed by atoms with Gasteiger partial charge in [0.15, 0.2) is 0 Å². The molecule has 0 unspecified atom stereocenters. The Bertz CT molecular complexity index is 370. The Hall–Kier alpha value is -1.27. The van der Waals surface area contributed by atoms with Gasteiger partial charge in [-0.15, -0.1) is 0 Å². The summed E-state index contributed by atoms with van der Waals surface area (Å²) in [6.07, 6.45) is -4.00. The highest BCUT2D eigenvalue weighted by Crippen LogP contribution is 2.38. The fraction of sp³-hybridized carbons (Fsp3) is 0.818. The Kier molecular flexibility index (Phi) is 3.25. The number of hydrogen-bond acceptors (Lipinski definition) is 2. The molecule has 7 heteroatoms. The molecule has 0 saturated carbocycles. The monoisotopic (exact) mass is 264 g/mol. The number of carbonyl (C=O) groups is 2.